The average molecular weight is 251 g/mol. The molecular weight excluding hydrogens is 234 g/mol. The monoisotopic (exact) mass is 251 g/mol. The molecule has 0 heterocycles. The van der Waals surface area contributed by atoms with E-state index in [1.54, 1.807) is 24.3 Å². The Labute approximate surface area is 107 Å². The summed E-state index contributed by atoms with van der Waals surface area (Å²) in [6.45, 7) is 1.44. The lowest BCUT2D eigenvalue weighted by molar-refractivity contribution is 0.0951. The Morgan fingerprint density at radius 2 is 1.82 bits per heavy atom. The number of carbonyl (C=O) groups is 1. The maximum atomic E-state index is 11.7. The maximum Gasteiger partial charge on any atom is 0.251 e. The summed E-state index contributed by atoms with van der Waals surface area (Å²) in [6.07, 6.45) is 0. The topological polar surface area (TPSA) is 58.4 Å². The van der Waals surface area contributed by atoms with Crippen LogP contribution in [0.1, 0.15) is 15.9 Å². The van der Waals surface area contributed by atoms with Crippen molar-refractivity contribution in [3.8, 4) is 0 Å². The molecule has 1 amide bonds. The molecule has 1 aromatic carbocycles. The molecule has 17 heavy (non-hydrogen) atoms. The maximum absolute atomic E-state index is 11.7. The highest BCUT2D eigenvalue weighted by atomic mass is 32.1. The Balaban J connectivity index is 2.55. The Kier molecular flexibility index (Phi) is 5.06. The molecule has 0 radical (unpaired) electrons. The molecule has 92 valence electrons. The number of likely N-dealkylation sites (N-methyl/N-ethyl adjacent to an activating group) is 1. The van der Waals surface area contributed by atoms with Crippen molar-refractivity contribution in [1.82, 2.24) is 10.2 Å². The molecule has 1 rings (SSSR count). The first kappa shape index (κ1) is 13.6. The number of benzene rings is 1. The molecule has 0 fully saturated rings. The summed E-state index contributed by atoms with van der Waals surface area (Å²) in [5.41, 5.74) is 6.86. The number of hydrogen-bond acceptors (Lipinski definition) is 3. The van der Waals surface area contributed by atoms with E-state index in [0.717, 1.165) is 12.1 Å². The Hall–Kier alpha value is -1.46. The van der Waals surface area contributed by atoms with Crippen LogP contribution in [-0.4, -0.2) is 43.0 Å². The summed E-state index contributed by atoms with van der Waals surface area (Å²) >= 11 is 4.84. The van der Waals surface area contributed by atoms with Gasteiger partial charge in [0.05, 0.1) is 0 Å². The predicted octanol–water partition coefficient (Wildman–Crippen LogP) is 0.612. The molecule has 0 aromatic heterocycles. The Bertz CT molecular complexity index is 401. The first-order valence-electron chi connectivity index (χ1n) is 5.33. The van der Waals surface area contributed by atoms with E-state index in [9.17, 15) is 4.79 Å². The van der Waals surface area contributed by atoms with Crippen LogP contribution >= 0.6 is 12.2 Å². The van der Waals surface area contributed by atoms with E-state index in [2.05, 4.69) is 5.32 Å². The quantitative estimate of drug-likeness (QED) is 0.753. The molecule has 4 nitrogen and oxygen atoms in total. The van der Waals surface area contributed by atoms with Gasteiger partial charge < -0.3 is 16.0 Å². The highest BCUT2D eigenvalue weighted by Gasteiger charge is 2.05. The Morgan fingerprint density at radius 1 is 1.29 bits per heavy atom. The number of hydrogen-bond donors (Lipinski definition) is 2. The summed E-state index contributed by atoms with van der Waals surface area (Å²) in [5.74, 6) is -0.0821. The van der Waals surface area contributed by atoms with Crippen LogP contribution in [0.2, 0.25) is 0 Å². The molecule has 3 N–H and O–H groups in total. The van der Waals surface area contributed by atoms with Gasteiger partial charge in [-0.25, -0.2) is 0 Å². The van der Waals surface area contributed by atoms with E-state index < -0.39 is 0 Å². The van der Waals surface area contributed by atoms with Gasteiger partial charge in [-0.3, -0.25) is 4.79 Å². The van der Waals surface area contributed by atoms with E-state index in [1.807, 2.05) is 19.0 Å². The fourth-order valence-electron chi connectivity index (χ4n) is 1.28. The number of amides is 1. The van der Waals surface area contributed by atoms with Gasteiger partial charge in [-0.1, -0.05) is 24.4 Å². The van der Waals surface area contributed by atoms with Crippen LogP contribution in [-0.2, 0) is 0 Å². The summed E-state index contributed by atoms with van der Waals surface area (Å²) in [4.78, 5) is 14.1. The van der Waals surface area contributed by atoms with E-state index in [-0.39, 0.29) is 5.91 Å². The SMILES string of the molecule is CN(C)CCNC(=O)c1ccc(C(N)=S)cc1. The predicted molar refractivity (Wildman–Crippen MR) is 73.2 cm³/mol. The van der Waals surface area contributed by atoms with Crippen LogP contribution in [0.15, 0.2) is 24.3 Å². The van der Waals surface area contributed by atoms with Crippen LogP contribution < -0.4 is 11.1 Å². The van der Waals surface area contributed by atoms with Crippen molar-refractivity contribution in [3.05, 3.63) is 35.4 Å². The number of nitrogens with two attached hydrogens (primary N) is 1. The third-order valence-electron chi connectivity index (χ3n) is 2.28. The molecule has 0 aliphatic heterocycles. The van der Waals surface area contributed by atoms with Gasteiger partial charge in [-0.15, -0.1) is 0 Å². The zero-order valence-corrected chi connectivity index (χ0v) is 10.9. The van der Waals surface area contributed by atoms with Crippen molar-refractivity contribution >= 4 is 23.1 Å². The van der Waals surface area contributed by atoms with Gasteiger partial charge in [0.2, 0.25) is 0 Å². The first-order chi connectivity index (χ1) is 8.00. The molecule has 0 saturated heterocycles. The van der Waals surface area contributed by atoms with Crippen LogP contribution in [0.4, 0.5) is 0 Å². The van der Waals surface area contributed by atoms with Gasteiger partial charge in [0, 0.05) is 24.2 Å². The van der Waals surface area contributed by atoms with E-state index in [4.69, 9.17) is 18.0 Å². The van der Waals surface area contributed by atoms with Gasteiger partial charge in [0.1, 0.15) is 4.99 Å². The fourth-order valence-corrected chi connectivity index (χ4v) is 1.42. The lowest BCUT2D eigenvalue weighted by atomic mass is 10.1. The zero-order chi connectivity index (χ0) is 12.8. The highest BCUT2D eigenvalue weighted by Crippen LogP contribution is 2.04. The van der Waals surface area contributed by atoms with Gasteiger partial charge >= 0.3 is 0 Å². The summed E-state index contributed by atoms with van der Waals surface area (Å²) in [6, 6.07) is 6.95. The second kappa shape index (κ2) is 6.32. The number of carbonyl (C=O) groups excluding carboxylic acids is 1. The average Bonchev–Trinajstić information content (AvgIpc) is 2.28. The molecular formula is C12H17N3OS. The number of rotatable bonds is 5. The van der Waals surface area contributed by atoms with Crippen LogP contribution in [0.3, 0.4) is 0 Å². The number of nitrogens with one attached hydrogen (secondary N) is 1. The molecule has 0 unspecified atom stereocenters. The molecule has 0 aliphatic rings. The van der Waals surface area contributed by atoms with Gasteiger partial charge in [0.25, 0.3) is 5.91 Å². The van der Waals surface area contributed by atoms with Crippen molar-refractivity contribution in [2.75, 3.05) is 27.2 Å². The molecule has 0 saturated carbocycles. The standard InChI is InChI=1S/C12H17N3OS/c1-15(2)8-7-14-12(16)10-5-3-9(4-6-10)11(13)17/h3-6H,7-8H2,1-2H3,(H2,13,17)(H,14,16). The summed E-state index contributed by atoms with van der Waals surface area (Å²) in [5, 5.41) is 2.83. The minimum atomic E-state index is -0.0821. The van der Waals surface area contributed by atoms with Crippen LogP contribution in [0, 0.1) is 0 Å². The normalized spacial score (nSPS) is 10.3. The highest BCUT2D eigenvalue weighted by molar-refractivity contribution is 7.80. The molecule has 5 heteroatoms. The second-order valence-corrected chi connectivity index (χ2v) is 4.44. The van der Waals surface area contributed by atoms with Gasteiger partial charge in [0.15, 0.2) is 0 Å². The lowest BCUT2D eigenvalue weighted by Crippen LogP contribution is -2.31. The number of nitrogens with zero attached hydrogens (tertiary/aromatic N) is 1. The van der Waals surface area contributed by atoms with E-state index in [0.29, 0.717) is 17.1 Å². The van der Waals surface area contributed by atoms with Crippen LogP contribution in [0.5, 0.6) is 0 Å². The second-order valence-electron chi connectivity index (χ2n) is 4.00. The molecule has 1 aromatic rings. The molecule has 0 bridgehead atoms. The Morgan fingerprint density at radius 3 is 2.29 bits per heavy atom. The number of thiocarbonyl (C=S) groups is 1. The first-order valence-corrected chi connectivity index (χ1v) is 5.74. The summed E-state index contributed by atoms with van der Waals surface area (Å²) in [7, 11) is 3.92. The molecule has 0 aliphatic carbocycles. The largest absolute Gasteiger partial charge is 0.389 e. The minimum absolute atomic E-state index is 0.0821. The van der Waals surface area contributed by atoms with Crippen molar-refractivity contribution in [1.29, 1.82) is 0 Å². The van der Waals surface area contributed by atoms with Crippen molar-refractivity contribution in [3.63, 3.8) is 0 Å². The van der Waals surface area contributed by atoms with Crippen LogP contribution in [0.25, 0.3) is 0 Å². The smallest absolute Gasteiger partial charge is 0.251 e. The third kappa shape index (κ3) is 4.50. The van der Waals surface area contributed by atoms with E-state index >= 15 is 0 Å². The molecule has 0 spiro atoms. The van der Waals surface area contributed by atoms with Crippen molar-refractivity contribution < 1.29 is 4.79 Å². The van der Waals surface area contributed by atoms with E-state index in [1.165, 1.54) is 0 Å². The molecule has 0 atom stereocenters. The zero-order valence-electron chi connectivity index (χ0n) is 10.1. The summed E-state index contributed by atoms with van der Waals surface area (Å²) < 4.78 is 0. The minimum Gasteiger partial charge on any atom is -0.389 e. The van der Waals surface area contributed by atoms with Gasteiger partial charge in [-0.05, 0) is 26.2 Å². The fraction of sp³-hybridized carbons (Fsp3) is 0.333. The third-order valence-corrected chi connectivity index (χ3v) is 2.51. The van der Waals surface area contributed by atoms with Gasteiger partial charge in [-0.2, -0.15) is 0 Å². The lowest BCUT2D eigenvalue weighted by Gasteiger charge is -2.10. The van der Waals surface area contributed by atoms with Crippen molar-refractivity contribution in [2.24, 2.45) is 5.73 Å². The van der Waals surface area contributed by atoms with Crippen molar-refractivity contribution in [2.45, 2.75) is 0 Å².